The largest absolute Gasteiger partial charge is 0.497 e. The van der Waals surface area contributed by atoms with Crippen LogP contribution in [0.1, 0.15) is 42.5 Å². The lowest BCUT2D eigenvalue weighted by atomic mass is 10.0. The fraction of sp³-hybridized carbons (Fsp3) is 0.355. The predicted molar refractivity (Wildman–Crippen MR) is 152 cm³/mol. The van der Waals surface area contributed by atoms with Gasteiger partial charge in [0.05, 0.1) is 7.11 Å². The van der Waals surface area contributed by atoms with Gasteiger partial charge in [-0.1, -0.05) is 61.0 Å². The van der Waals surface area contributed by atoms with E-state index in [0.29, 0.717) is 22.9 Å². The number of nitrogens with one attached hydrogen (secondary N) is 1. The number of ether oxygens (including phenoxy) is 2. The third-order valence-corrected chi connectivity index (χ3v) is 7.13. The molecule has 0 bridgehead atoms. The molecule has 202 valence electrons. The molecule has 0 aliphatic carbocycles. The van der Waals surface area contributed by atoms with Gasteiger partial charge in [-0.05, 0) is 73.7 Å². The van der Waals surface area contributed by atoms with Crippen LogP contribution in [-0.4, -0.2) is 42.5 Å². The first kappa shape index (κ1) is 29.1. The lowest BCUT2D eigenvalue weighted by Crippen LogP contribution is -2.53. The molecule has 3 rings (SSSR count). The molecule has 7 heteroatoms. The quantitative estimate of drug-likeness (QED) is 0.313. The summed E-state index contributed by atoms with van der Waals surface area (Å²) in [5, 5.41) is 3.75. The number of carbonyl (C=O) groups excluding carboxylic acids is 2. The minimum absolute atomic E-state index is 0.0224. The van der Waals surface area contributed by atoms with Crippen molar-refractivity contribution in [3.63, 3.8) is 0 Å². The number of halogens is 1. The molecule has 0 aromatic heterocycles. The number of methoxy groups -OCH3 is 1. The van der Waals surface area contributed by atoms with Crippen molar-refractivity contribution in [2.75, 3.05) is 13.7 Å². The van der Waals surface area contributed by atoms with E-state index in [1.54, 1.807) is 12.0 Å². The van der Waals surface area contributed by atoms with Crippen LogP contribution < -0.4 is 14.8 Å². The fourth-order valence-electron chi connectivity index (χ4n) is 4.18. The fourth-order valence-corrected chi connectivity index (χ4v) is 4.29. The Hall–Kier alpha value is -3.51. The highest BCUT2D eigenvalue weighted by atomic mass is 35.5. The zero-order valence-corrected chi connectivity index (χ0v) is 23.5. The molecule has 0 saturated carbocycles. The Morgan fingerprint density at radius 3 is 2.24 bits per heavy atom. The van der Waals surface area contributed by atoms with Gasteiger partial charge in [0.15, 0.2) is 6.61 Å². The molecule has 3 aromatic carbocycles. The minimum atomic E-state index is -0.734. The molecule has 0 radical (unpaired) electrons. The van der Waals surface area contributed by atoms with Gasteiger partial charge in [0.25, 0.3) is 5.91 Å². The van der Waals surface area contributed by atoms with Crippen LogP contribution >= 0.6 is 11.6 Å². The van der Waals surface area contributed by atoms with E-state index in [9.17, 15) is 9.59 Å². The molecule has 0 spiro atoms. The lowest BCUT2D eigenvalue weighted by Gasteiger charge is -2.32. The van der Waals surface area contributed by atoms with E-state index in [4.69, 9.17) is 21.1 Å². The van der Waals surface area contributed by atoms with Gasteiger partial charge in [0, 0.05) is 24.0 Å². The van der Waals surface area contributed by atoms with Crippen molar-refractivity contribution in [3.8, 4) is 11.5 Å². The highest BCUT2D eigenvalue weighted by Crippen LogP contribution is 2.26. The molecule has 1 N–H and O–H groups in total. The number of hydrogen-bond acceptors (Lipinski definition) is 4. The van der Waals surface area contributed by atoms with E-state index in [0.717, 1.165) is 28.7 Å². The van der Waals surface area contributed by atoms with E-state index in [1.165, 1.54) is 0 Å². The molecular weight excluding hydrogens is 500 g/mol. The predicted octanol–water partition coefficient (Wildman–Crippen LogP) is 5.90. The topological polar surface area (TPSA) is 67.9 Å². The number of carbonyl (C=O) groups is 2. The van der Waals surface area contributed by atoms with Crippen molar-refractivity contribution in [1.82, 2.24) is 10.2 Å². The van der Waals surface area contributed by atoms with Gasteiger partial charge in [-0.25, -0.2) is 0 Å². The highest BCUT2D eigenvalue weighted by molar-refractivity contribution is 6.32. The van der Waals surface area contributed by atoms with Crippen molar-refractivity contribution >= 4 is 23.4 Å². The molecule has 0 aliphatic heterocycles. The third kappa shape index (κ3) is 7.99. The van der Waals surface area contributed by atoms with Crippen molar-refractivity contribution in [2.24, 2.45) is 0 Å². The van der Waals surface area contributed by atoms with Gasteiger partial charge in [0.2, 0.25) is 5.91 Å². The van der Waals surface area contributed by atoms with Gasteiger partial charge in [0.1, 0.15) is 17.5 Å². The number of rotatable bonds is 12. The lowest BCUT2D eigenvalue weighted by molar-refractivity contribution is -0.143. The van der Waals surface area contributed by atoms with Crippen LogP contribution in [0.4, 0.5) is 0 Å². The summed E-state index contributed by atoms with van der Waals surface area (Å²) in [6, 6.07) is 20.1. The van der Waals surface area contributed by atoms with Gasteiger partial charge < -0.3 is 19.7 Å². The summed E-state index contributed by atoms with van der Waals surface area (Å²) in [6.45, 7) is 7.78. The Labute approximate surface area is 230 Å². The van der Waals surface area contributed by atoms with Gasteiger partial charge in [-0.3, -0.25) is 9.59 Å². The summed E-state index contributed by atoms with van der Waals surface area (Å²) in [5.74, 6) is 0.751. The second-order valence-corrected chi connectivity index (χ2v) is 9.93. The molecule has 0 saturated heterocycles. The molecule has 0 fully saturated rings. The number of nitrogens with zero attached hydrogens (tertiary/aromatic N) is 1. The SMILES string of the molecule is CC[C@H](C)NC(=O)[C@H](Cc1ccccc1)N(Cc1cccc(OC)c1)C(=O)COc1cc(C)c(Cl)c(C)c1. The average molecular weight is 537 g/mol. The van der Waals surface area contributed by atoms with Crippen LogP contribution in [0.15, 0.2) is 66.7 Å². The first-order chi connectivity index (χ1) is 18.2. The molecule has 6 nitrogen and oxygen atoms in total. The van der Waals surface area contributed by atoms with Crippen LogP contribution in [0.3, 0.4) is 0 Å². The zero-order chi connectivity index (χ0) is 27.7. The summed E-state index contributed by atoms with van der Waals surface area (Å²) < 4.78 is 11.3. The Kier molecular flexibility index (Phi) is 10.6. The highest BCUT2D eigenvalue weighted by Gasteiger charge is 2.31. The average Bonchev–Trinajstić information content (AvgIpc) is 2.92. The summed E-state index contributed by atoms with van der Waals surface area (Å²) in [6.07, 6.45) is 1.16. The van der Waals surface area contributed by atoms with E-state index in [-0.39, 0.29) is 31.0 Å². The molecule has 0 heterocycles. The maximum Gasteiger partial charge on any atom is 0.261 e. The molecule has 2 amide bonds. The summed E-state index contributed by atoms with van der Waals surface area (Å²) in [4.78, 5) is 29.0. The molecule has 2 atom stereocenters. The Morgan fingerprint density at radius 1 is 0.947 bits per heavy atom. The second kappa shape index (κ2) is 13.9. The molecule has 0 aliphatic rings. The molecule has 3 aromatic rings. The zero-order valence-electron chi connectivity index (χ0n) is 22.8. The van der Waals surface area contributed by atoms with E-state index < -0.39 is 6.04 Å². The maximum absolute atomic E-state index is 13.8. The second-order valence-electron chi connectivity index (χ2n) is 9.56. The Bertz CT molecular complexity index is 1210. The van der Waals surface area contributed by atoms with Crippen molar-refractivity contribution < 1.29 is 19.1 Å². The first-order valence-electron chi connectivity index (χ1n) is 12.9. The van der Waals surface area contributed by atoms with Crippen molar-refractivity contribution in [3.05, 3.63) is 94.0 Å². The summed E-state index contributed by atoms with van der Waals surface area (Å²) in [7, 11) is 1.60. The summed E-state index contributed by atoms with van der Waals surface area (Å²) >= 11 is 6.30. The Balaban J connectivity index is 1.94. The smallest absolute Gasteiger partial charge is 0.261 e. The van der Waals surface area contributed by atoms with Gasteiger partial charge in [-0.2, -0.15) is 0 Å². The summed E-state index contributed by atoms with van der Waals surface area (Å²) in [5.41, 5.74) is 3.56. The van der Waals surface area contributed by atoms with E-state index >= 15 is 0 Å². The number of hydrogen-bond donors (Lipinski definition) is 1. The number of amides is 2. The van der Waals surface area contributed by atoms with Crippen LogP contribution in [0, 0.1) is 13.8 Å². The monoisotopic (exact) mass is 536 g/mol. The van der Waals surface area contributed by atoms with Crippen LogP contribution in [0.25, 0.3) is 0 Å². The van der Waals surface area contributed by atoms with E-state index in [1.807, 2.05) is 94.4 Å². The van der Waals surface area contributed by atoms with Crippen molar-refractivity contribution in [2.45, 2.75) is 59.2 Å². The van der Waals surface area contributed by atoms with E-state index in [2.05, 4.69) is 5.32 Å². The number of aryl methyl sites for hydroxylation is 2. The minimum Gasteiger partial charge on any atom is -0.497 e. The van der Waals surface area contributed by atoms with Gasteiger partial charge in [-0.15, -0.1) is 0 Å². The van der Waals surface area contributed by atoms with Crippen LogP contribution in [-0.2, 0) is 22.6 Å². The normalized spacial score (nSPS) is 12.4. The standard InChI is InChI=1S/C31H37ClN2O4/c1-6-23(4)33-31(36)28(18-24-11-8-7-9-12-24)34(19-25-13-10-14-26(17-25)37-5)29(35)20-38-27-15-21(2)30(32)22(3)16-27/h7-17,23,28H,6,18-20H2,1-5H3,(H,33,36)/t23-,28-/m0/s1. The maximum atomic E-state index is 13.8. The third-order valence-electron chi connectivity index (χ3n) is 6.53. The van der Waals surface area contributed by atoms with Crippen LogP contribution in [0.2, 0.25) is 5.02 Å². The molecule has 0 unspecified atom stereocenters. The van der Waals surface area contributed by atoms with Crippen molar-refractivity contribution in [1.29, 1.82) is 0 Å². The number of benzene rings is 3. The van der Waals surface area contributed by atoms with Gasteiger partial charge >= 0.3 is 0 Å². The molecule has 38 heavy (non-hydrogen) atoms. The Morgan fingerprint density at radius 2 is 1.61 bits per heavy atom. The first-order valence-corrected chi connectivity index (χ1v) is 13.3. The molecular formula is C31H37ClN2O4. The van der Waals surface area contributed by atoms with Crippen LogP contribution in [0.5, 0.6) is 11.5 Å².